The average Bonchev–Trinajstić information content (AvgIpc) is 3.15. The first-order valence-electron chi connectivity index (χ1n) is 9.59. The van der Waals surface area contributed by atoms with Crippen molar-refractivity contribution >= 4 is 21.6 Å². The summed E-state index contributed by atoms with van der Waals surface area (Å²) in [5.41, 5.74) is 4.25. The first-order chi connectivity index (χ1) is 14.3. The van der Waals surface area contributed by atoms with Crippen LogP contribution in [0.25, 0.3) is 0 Å². The number of anilines is 1. The molecule has 5 nitrogen and oxygen atoms in total. The van der Waals surface area contributed by atoms with Gasteiger partial charge in [-0.15, -0.1) is 0 Å². The van der Waals surface area contributed by atoms with E-state index in [-0.39, 0.29) is 17.3 Å². The molecule has 0 saturated heterocycles. The minimum absolute atomic E-state index is 0.00121. The summed E-state index contributed by atoms with van der Waals surface area (Å²) in [7, 11) is -3.76. The number of aryl methyl sites for hydroxylation is 1. The summed E-state index contributed by atoms with van der Waals surface area (Å²) in [6, 6.07) is 17.8. The summed E-state index contributed by atoms with van der Waals surface area (Å²) in [5, 5.41) is 0. The maximum absolute atomic E-state index is 13.1. The lowest BCUT2D eigenvalue weighted by atomic mass is 10.1. The molecular weight excluding hydrogens is 403 g/mol. The van der Waals surface area contributed by atoms with Crippen LogP contribution in [0.5, 0.6) is 0 Å². The Morgan fingerprint density at radius 2 is 1.83 bits per heavy atom. The first kappa shape index (κ1) is 20.3. The molecule has 30 heavy (non-hydrogen) atoms. The largest absolute Gasteiger partial charge is 0.308 e. The van der Waals surface area contributed by atoms with E-state index in [1.54, 1.807) is 11.0 Å². The smallest absolute Gasteiger partial charge is 0.258 e. The van der Waals surface area contributed by atoms with Gasteiger partial charge in [-0.1, -0.05) is 29.8 Å². The average molecular weight is 424 g/mol. The summed E-state index contributed by atoms with van der Waals surface area (Å²) in [4.78, 5) is 14.7. The van der Waals surface area contributed by atoms with Crippen molar-refractivity contribution in [3.8, 4) is 0 Å². The number of hydrogen-bond acceptors (Lipinski definition) is 3. The van der Waals surface area contributed by atoms with Crippen molar-refractivity contribution in [2.24, 2.45) is 0 Å². The van der Waals surface area contributed by atoms with Crippen LogP contribution in [0.3, 0.4) is 0 Å². The van der Waals surface area contributed by atoms with E-state index in [1.165, 1.54) is 12.1 Å². The highest BCUT2D eigenvalue weighted by Crippen LogP contribution is 2.30. The molecule has 0 unspecified atom stereocenters. The number of fused-ring (bicyclic) bond motifs is 1. The predicted molar refractivity (Wildman–Crippen MR) is 113 cm³/mol. The Kier molecular flexibility index (Phi) is 5.40. The fourth-order valence-corrected chi connectivity index (χ4v) is 4.57. The van der Waals surface area contributed by atoms with Gasteiger partial charge in [0.15, 0.2) is 0 Å². The van der Waals surface area contributed by atoms with E-state index in [1.807, 2.05) is 43.3 Å². The van der Waals surface area contributed by atoms with E-state index in [0.717, 1.165) is 40.9 Å². The van der Waals surface area contributed by atoms with Gasteiger partial charge in [-0.2, -0.15) is 0 Å². The van der Waals surface area contributed by atoms with E-state index >= 15 is 0 Å². The van der Waals surface area contributed by atoms with E-state index in [4.69, 9.17) is 0 Å². The summed E-state index contributed by atoms with van der Waals surface area (Å²) in [6.07, 6.45) is 0.758. The van der Waals surface area contributed by atoms with E-state index in [0.29, 0.717) is 12.1 Å². The Bertz CT molecular complexity index is 1210. The topological polar surface area (TPSA) is 66.5 Å². The first-order valence-corrected chi connectivity index (χ1v) is 11.1. The second-order valence-corrected chi connectivity index (χ2v) is 9.08. The number of halogens is 1. The number of rotatable bonds is 5. The van der Waals surface area contributed by atoms with Crippen LogP contribution in [-0.2, 0) is 23.0 Å². The maximum Gasteiger partial charge on any atom is 0.258 e. The molecule has 0 spiro atoms. The number of benzene rings is 3. The molecule has 4 rings (SSSR count). The number of carbonyl (C=O) groups excluding carboxylic acids is 1. The minimum Gasteiger partial charge on any atom is -0.308 e. The molecule has 1 heterocycles. The molecule has 1 aliphatic rings. The van der Waals surface area contributed by atoms with E-state index in [9.17, 15) is 17.6 Å². The Labute approximate surface area is 175 Å². The summed E-state index contributed by atoms with van der Waals surface area (Å²) in [5.74, 6) is -0.563. The Morgan fingerprint density at radius 1 is 1.07 bits per heavy atom. The normalized spacial score (nSPS) is 13.3. The van der Waals surface area contributed by atoms with Crippen molar-refractivity contribution < 1.29 is 17.6 Å². The molecule has 0 saturated carbocycles. The van der Waals surface area contributed by atoms with Gasteiger partial charge in [0.1, 0.15) is 5.82 Å². The van der Waals surface area contributed by atoms with Gasteiger partial charge in [-0.3, -0.25) is 4.79 Å². The summed E-state index contributed by atoms with van der Waals surface area (Å²) in [6.45, 7) is 2.60. The zero-order valence-corrected chi connectivity index (χ0v) is 17.2. The molecule has 3 aromatic carbocycles. The SMILES string of the molecule is Cc1cccc(C(=O)N2CCc3ccc(CNS(=O)(=O)c4ccc(F)cc4)cc32)c1. The molecule has 1 amide bonds. The van der Waals surface area contributed by atoms with Crippen LogP contribution in [0.1, 0.15) is 27.0 Å². The Morgan fingerprint density at radius 3 is 2.57 bits per heavy atom. The minimum atomic E-state index is -3.76. The van der Waals surface area contributed by atoms with Gasteiger partial charge in [0.05, 0.1) is 4.90 Å². The predicted octanol–water partition coefficient (Wildman–Crippen LogP) is 3.82. The molecule has 0 radical (unpaired) electrons. The maximum atomic E-state index is 13.1. The highest BCUT2D eigenvalue weighted by Gasteiger charge is 2.26. The summed E-state index contributed by atoms with van der Waals surface area (Å²) < 4.78 is 40.5. The fraction of sp³-hybridized carbons (Fsp3) is 0.174. The van der Waals surface area contributed by atoms with Gasteiger partial charge in [-0.05, 0) is 66.9 Å². The molecule has 1 aliphatic heterocycles. The second kappa shape index (κ2) is 8.01. The van der Waals surface area contributed by atoms with Gasteiger partial charge in [0.25, 0.3) is 5.91 Å². The molecule has 0 aromatic heterocycles. The van der Waals surface area contributed by atoms with Crippen LogP contribution in [0.4, 0.5) is 10.1 Å². The third kappa shape index (κ3) is 4.13. The summed E-state index contributed by atoms with van der Waals surface area (Å²) >= 11 is 0. The number of hydrogen-bond donors (Lipinski definition) is 1. The molecule has 154 valence electrons. The lowest BCUT2D eigenvalue weighted by Crippen LogP contribution is -2.29. The molecule has 7 heteroatoms. The molecule has 3 aromatic rings. The number of sulfonamides is 1. The lowest BCUT2D eigenvalue weighted by molar-refractivity contribution is 0.0989. The Hall–Kier alpha value is -3.03. The van der Waals surface area contributed by atoms with Gasteiger partial charge >= 0.3 is 0 Å². The highest BCUT2D eigenvalue weighted by molar-refractivity contribution is 7.89. The van der Waals surface area contributed by atoms with Crippen molar-refractivity contribution in [1.82, 2.24) is 4.72 Å². The Balaban J connectivity index is 1.53. The van der Waals surface area contributed by atoms with Crippen LogP contribution in [0.2, 0.25) is 0 Å². The number of nitrogens with one attached hydrogen (secondary N) is 1. The van der Waals surface area contributed by atoms with Crippen LogP contribution >= 0.6 is 0 Å². The molecule has 1 N–H and O–H groups in total. The van der Waals surface area contributed by atoms with Crippen molar-refractivity contribution in [3.05, 3.63) is 94.8 Å². The zero-order valence-electron chi connectivity index (χ0n) is 16.4. The molecule has 0 atom stereocenters. The van der Waals surface area contributed by atoms with Crippen molar-refractivity contribution in [3.63, 3.8) is 0 Å². The second-order valence-electron chi connectivity index (χ2n) is 7.32. The van der Waals surface area contributed by atoms with Crippen molar-refractivity contribution in [1.29, 1.82) is 0 Å². The van der Waals surface area contributed by atoms with E-state index in [2.05, 4.69) is 4.72 Å². The number of amides is 1. The lowest BCUT2D eigenvalue weighted by Gasteiger charge is -2.18. The van der Waals surface area contributed by atoms with Crippen LogP contribution in [0.15, 0.2) is 71.6 Å². The molecule has 0 fully saturated rings. The molecule has 0 aliphatic carbocycles. The number of carbonyl (C=O) groups is 1. The van der Waals surface area contributed by atoms with E-state index < -0.39 is 15.8 Å². The van der Waals surface area contributed by atoms with Crippen molar-refractivity contribution in [2.45, 2.75) is 24.8 Å². The van der Waals surface area contributed by atoms with Crippen molar-refractivity contribution in [2.75, 3.05) is 11.4 Å². The standard InChI is InChI=1S/C23H21FN2O3S/c1-16-3-2-4-19(13-16)23(27)26-12-11-18-6-5-17(14-22(18)26)15-25-30(28,29)21-9-7-20(24)8-10-21/h2-10,13-14,25H,11-12,15H2,1H3. The molecule has 0 bridgehead atoms. The highest BCUT2D eigenvalue weighted by atomic mass is 32.2. The van der Waals surface area contributed by atoms with Crippen LogP contribution < -0.4 is 9.62 Å². The fourth-order valence-electron chi connectivity index (χ4n) is 3.56. The van der Waals surface area contributed by atoms with Gasteiger partial charge in [0.2, 0.25) is 10.0 Å². The van der Waals surface area contributed by atoms with Crippen LogP contribution in [-0.4, -0.2) is 20.9 Å². The monoisotopic (exact) mass is 424 g/mol. The third-order valence-electron chi connectivity index (χ3n) is 5.15. The van der Waals surface area contributed by atoms with Gasteiger partial charge in [-0.25, -0.2) is 17.5 Å². The van der Waals surface area contributed by atoms with Crippen LogP contribution in [0, 0.1) is 12.7 Å². The third-order valence-corrected chi connectivity index (χ3v) is 6.56. The molecular formula is C23H21FN2O3S. The van der Waals surface area contributed by atoms with Gasteiger partial charge < -0.3 is 4.90 Å². The van der Waals surface area contributed by atoms with Gasteiger partial charge in [0, 0.05) is 24.3 Å². The quantitative estimate of drug-likeness (QED) is 0.677. The zero-order chi connectivity index (χ0) is 21.3. The number of nitrogens with zero attached hydrogens (tertiary/aromatic N) is 1.